The molecule has 1 aliphatic heterocycles. The number of aliphatic hydroxyl groups excluding tert-OH is 1. The summed E-state index contributed by atoms with van der Waals surface area (Å²) in [6.07, 6.45) is 0.114. The van der Waals surface area contributed by atoms with Crippen LogP contribution >= 0.6 is 23.7 Å². The number of esters is 1. The van der Waals surface area contributed by atoms with Crippen molar-refractivity contribution in [3.8, 4) is 5.75 Å². The fourth-order valence-electron chi connectivity index (χ4n) is 5.08. The number of carbonyl (C=O) groups excluding carboxylic acids is 1. The number of carbonyl (C=O) groups is 1. The smallest absolute Gasteiger partial charge is 0.459 e. The number of benzene rings is 1. The van der Waals surface area contributed by atoms with Gasteiger partial charge in [0.15, 0.2) is 23.2 Å². The zero-order valence-electron chi connectivity index (χ0n) is 25.4. The molecule has 0 amide bonds. The summed E-state index contributed by atoms with van der Waals surface area (Å²) in [5.41, 5.74) is 2.85. The van der Waals surface area contributed by atoms with Crippen LogP contribution in [0.1, 0.15) is 38.8 Å². The molecule has 256 valence electrons. The second-order valence-electron chi connectivity index (χ2n) is 12.0. The van der Waals surface area contributed by atoms with Gasteiger partial charge in [-0.1, -0.05) is 15.9 Å². The van der Waals surface area contributed by atoms with E-state index in [9.17, 15) is 28.0 Å². The van der Waals surface area contributed by atoms with Crippen molar-refractivity contribution in [2.45, 2.75) is 68.3 Å². The van der Waals surface area contributed by atoms with Crippen LogP contribution in [0.4, 0.5) is 11.8 Å². The molecule has 6 N–H and O–H groups in total. The molecule has 1 saturated heterocycles. The molecular weight excluding hydrogens is 727 g/mol. The van der Waals surface area contributed by atoms with Gasteiger partial charge in [0.25, 0.3) is 0 Å². The molecule has 47 heavy (non-hydrogen) atoms. The van der Waals surface area contributed by atoms with Crippen molar-refractivity contribution in [3.63, 3.8) is 0 Å². The van der Waals surface area contributed by atoms with Gasteiger partial charge in [-0.2, -0.15) is 15.1 Å². The third-order valence-electron chi connectivity index (χ3n) is 7.79. The Balaban J connectivity index is 1.24. The largest absolute Gasteiger partial charge is 0.461 e. The number of halogens is 1. The highest BCUT2D eigenvalue weighted by molar-refractivity contribution is 9.10. The first-order valence-corrected chi connectivity index (χ1v) is 18.7. The van der Waals surface area contributed by atoms with E-state index < -0.39 is 59.9 Å². The molecule has 3 aromatic rings. The molecule has 5 atom stereocenters. The van der Waals surface area contributed by atoms with Crippen molar-refractivity contribution in [2.75, 3.05) is 30.7 Å². The maximum absolute atomic E-state index is 14.2. The standard InChI is InChI=1S/C26H34BrN8O10PS/c1-25(38)19(36)17(44-22(25)35-13-29-18-20(30-24(28)31-21(18)35)34(2)33-47(3,40)41)12-42-46(39,45-16-6-4-14(27)5-7-16)32-26(10-11-26)23(37)43-15-8-9-15/h4-7,13,15,17,19,22,33,36,38H,8-12H2,1-3H3,(H,32,39)(H2,28,30,31)/t17?,19-,22?,25-,46?/m1/s1. The van der Waals surface area contributed by atoms with Gasteiger partial charge in [-0.05, 0) is 56.9 Å². The van der Waals surface area contributed by atoms with Crippen LogP contribution in [-0.4, -0.2) is 93.5 Å². The number of aromatic nitrogens is 4. The fourth-order valence-corrected chi connectivity index (χ4v) is 7.67. The number of nitrogens with one attached hydrogen (secondary N) is 2. The molecule has 3 aliphatic rings. The third kappa shape index (κ3) is 7.25. The molecular formula is C26H34BrN8O10PS. The van der Waals surface area contributed by atoms with Crippen molar-refractivity contribution >= 4 is 62.6 Å². The lowest BCUT2D eigenvalue weighted by atomic mass is 9.96. The molecule has 0 bridgehead atoms. The third-order valence-corrected chi connectivity index (χ3v) is 10.6. The highest BCUT2D eigenvalue weighted by Crippen LogP contribution is 2.53. The summed E-state index contributed by atoms with van der Waals surface area (Å²) in [6.45, 7) is 0.776. The molecule has 18 nitrogen and oxygen atoms in total. The minimum absolute atomic E-state index is 0.0149. The number of rotatable bonds is 13. The number of sulfonamides is 1. The first-order chi connectivity index (χ1) is 22.0. The van der Waals surface area contributed by atoms with Crippen LogP contribution in [0.3, 0.4) is 0 Å². The molecule has 0 radical (unpaired) electrons. The van der Waals surface area contributed by atoms with Crippen LogP contribution < -0.4 is 25.2 Å². The molecule has 1 aromatic carbocycles. The van der Waals surface area contributed by atoms with E-state index in [1.54, 1.807) is 24.3 Å². The predicted molar refractivity (Wildman–Crippen MR) is 169 cm³/mol. The van der Waals surface area contributed by atoms with E-state index in [1.165, 1.54) is 24.9 Å². The van der Waals surface area contributed by atoms with Crippen LogP contribution in [-0.2, 0) is 33.4 Å². The summed E-state index contributed by atoms with van der Waals surface area (Å²) in [6, 6.07) is 6.46. The lowest BCUT2D eigenvalue weighted by Gasteiger charge is -2.27. The van der Waals surface area contributed by atoms with E-state index in [2.05, 4.69) is 40.8 Å². The van der Waals surface area contributed by atoms with Gasteiger partial charge in [0.1, 0.15) is 35.2 Å². The number of nitrogens with zero attached hydrogens (tertiary/aromatic N) is 5. The highest BCUT2D eigenvalue weighted by Gasteiger charge is 2.58. The Hall–Kier alpha value is -2.94. The van der Waals surface area contributed by atoms with Gasteiger partial charge in [-0.25, -0.2) is 18.0 Å². The van der Waals surface area contributed by atoms with E-state index >= 15 is 0 Å². The zero-order valence-corrected chi connectivity index (χ0v) is 28.7. The number of nitrogens with two attached hydrogens (primary N) is 1. The number of aliphatic hydroxyl groups is 2. The van der Waals surface area contributed by atoms with E-state index in [4.69, 9.17) is 24.3 Å². The summed E-state index contributed by atoms with van der Waals surface area (Å²) in [7, 11) is -6.63. The van der Waals surface area contributed by atoms with Crippen LogP contribution in [0.15, 0.2) is 35.1 Å². The minimum atomic E-state index is -4.33. The Kier molecular flexibility index (Phi) is 8.80. The van der Waals surface area contributed by atoms with Gasteiger partial charge in [-0.15, -0.1) is 4.83 Å². The maximum atomic E-state index is 14.2. The molecule has 3 unspecified atom stereocenters. The van der Waals surface area contributed by atoms with Crippen LogP contribution in [0.25, 0.3) is 11.2 Å². The quantitative estimate of drug-likeness (QED) is 0.0931. The topological polar surface area (TPSA) is 243 Å². The fraction of sp³-hybridized carbons (Fsp3) is 0.538. The van der Waals surface area contributed by atoms with Gasteiger partial charge in [-0.3, -0.25) is 18.9 Å². The summed E-state index contributed by atoms with van der Waals surface area (Å²) in [5, 5.41) is 26.5. The minimum Gasteiger partial charge on any atom is -0.461 e. The Morgan fingerprint density at radius 3 is 2.57 bits per heavy atom. The Bertz CT molecular complexity index is 1840. The van der Waals surface area contributed by atoms with Crippen LogP contribution in [0.2, 0.25) is 0 Å². The van der Waals surface area contributed by atoms with Gasteiger partial charge < -0.3 is 29.9 Å². The number of hydrogen-bond acceptors (Lipinski definition) is 15. The van der Waals surface area contributed by atoms with Crippen molar-refractivity contribution < 1.29 is 46.5 Å². The van der Waals surface area contributed by atoms with Crippen molar-refractivity contribution in [3.05, 3.63) is 35.1 Å². The maximum Gasteiger partial charge on any atom is 0.459 e. The number of nitrogen functional groups attached to an aromatic ring is 1. The first kappa shape index (κ1) is 33.9. The molecule has 6 rings (SSSR count). The Labute approximate surface area is 277 Å². The van der Waals surface area contributed by atoms with Gasteiger partial charge in [0.05, 0.1) is 19.2 Å². The highest BCUT2D eigenvalue weighted by atomic mass is 79.9. The second kappa shape index (κ2) is 12.2. The second-order valence-corrected chi connectivity index (χ2v) is 16.3. The zero-order chi connectivity index (χ0) is 33.9. The van der Waals surface area contributed by atoms with Gasteiger partial charge in [0, 0.05) is 11.5 Å². The number of anilines is 2. The molecule has 0 spiro atoms. The van der Waals surface area contributed by atoms with E-state index in [0.717, 1.165) is 28.6 Å². The van der Waals surface area contributed by atoms with E-state index in [0.29, 0.717) is 12.8 Å². The SMILES string of the molecule is CN(NS(C)(=O)=O)c1nc(N)nc2c1ncn2C1OC(COP(=O)(NC2(C(=O)OC3CC3)CC2)Oc2ccc(Br)cc2)[C@@H](O)[C@@]1(C)O. The van der Waals surface area contributed by atoms with Gasteiger partial charge in [0.2, 0.25) is 16.0 Å². The average Bonchev–Trinajstić information content (AvgIpc) is 3.90. The molecule has 3 fully saturated rings. The van der Waals surface area contributed by atoms with Crippen molar-refractivity contribution in [1.82, 2.24) is 29.4 Å². The molecule has 2 aliphatic carbocycles. The summed E-state index contributed by atoms with van der Waals surface area (Å²) < 4.78 is 63.0. The van der Waals surface area contributed by atoms with Crippen molar-refractivity contribution in [1.29, 1.82) is 0 Å². The summed E-state index contributed by atoms with van der Waals surface area (Å²) in [5.74, 6) is -0.586. The van der Waals surface area contributed by atoms with Crippen molar-refractivity contribution in [2.24, 2.45) is 0 Å². The monoisotopic (exact) mass is 760 g/mol. The average molecular weight is 762 g/mol. The number of imidazole rings is 1. The molecule has 3 heterocycles. The Morgan fingerprint density at radius 1 is 1.28 bits per heavy atom. The lowest BCUT2D eigenvalue weighted by Crippen LogP contribution is -2.45. The van der Waals surface area contributed by atoms with E-state index in [1.807, 2.05) is 0 Å². The molecule has 2 aromatic heterocycles. The summed E-state index contributed by atoms with van der Waals surface area (Å²) in [4.78, 5) is 27.7. The predicted octanol–water partition coefficient (Wildman–Crippen LogP) is 1.11. The van der Waals surface area contributed by atoms with Crippen LogP contribution in [0.5, 0.6) is 5.75 Å². The van der Waals surface area contributed by atoms with Gasteiger partial charge >= 0.3 is 13.7 Å². The number of ether oxygens (including phenoxy) is 2. The Morgan fingerprint density at radius 2 is 1.96 bits per heavy atom. The van der Waals surface area contributed by atoms with Crippen LogP contribution in [0, 0.1) is 0 Å². The molecule has 2 saturated carbocycles. The number of hydrogen-bond donors (Lipinski definition) is 5. The normalized spacial score (nSPS) is 26.6. The van der Waals surface area contributed by atoms with E-state index in [-0.39, 0.29) is 34.8 Å². The molecule has 21 heteroatoms. The number of hydrazine groups is 1. The lowest BCUT2D eigenvalue weighted by molar-refractivity contribution is -0.148. The summed E-state index contributed by atoms with van der Waals surface area (Å²) >= 11 is 3.34. The first-order valence-electron chi connectivity index (χ1n) is 14.5. The number of fused-ring (bicyclic) bond motifs is 1.